The molecule has 0 saturated carbocycles. The standard InChI is InChI=1S/C19H26N2O5/c1-18(2,3)26-17(24)20-9-4-7-19(12-20)8-5-15(22)21(13-19)16(23)14-6-10-25-11-14/h6,10-11H,4-5,7-9,12-13H2,1-3H3. The fourth-order valence-corrected chi connectivity index (χ4v) is 3.76. The van der Waals surface area contributed by atoms with Crippen molar-refractivity contribution in [1.29, 1.82) is 0 Å². The van der Waals surface area contributed by atoms with Gasteiger partial charge in [0, 0.05) is 31.5 Å². The Morgan fingerprint density at radius 3 is 2.65 bits per heavy atom. The van der Waals surface area contributed by atoms with Crippen LogP contribution in [-0.2, 0) is 9.53 Å². The van der Waals surface area contributed by atoms with Crippen molar-refractivity contribution >= 4 is 17.9 Å². The molecule has 0 N–H and O–H groups in total. The number of ether oxygens (including phenoxy) is 1. The quantitative estimate of drug-likeness (QED) is 0.717. The summed E-state index contributed by atoms with van der Waals surface area (Å²) in [5.74, 6) is -0.506. The smallest absolute Gasteiger partial charge is 0.410 e. The third kappa shape index (κ3) is 3.92. The molecule has 0 aromatic carbocycles. The molecule has 3 heterocycles. The number of furan rings is 1. The van der Waals surface area contributed by atoms with Gasteiger partial charge in [-0.2, -0.15) is 0 Å². The van der Waals surface area contributed by atoms with Crippen LogP contribution in [0.3, 0.4) is 0 Å². The Kier molecular flexibility index (Phi) is 4.82. The molecule has 2 aliphatic heterocycles. The van der Waals surface area contributed by atoms with E-state index in [0.717, 1.165) is 12.8 Å². The van der Waals surface area contributed by atoms with Crippen LogP contribution >= 0.6 is 0 Å². The van der Waals surface area contributed by atoms with Crippen LogP contribution in [0.4, 0.5) is 4.79 Å². The molecule has 7 heteroatoms. The second-order valence-corrected chi connectivity index (χ2v) is 8.30. The van der Waals surface area contributed by atoms with Crippen LogP contribution in [0, 0.1) is 5.41 Å². The SMILES string of the molecule is CC(C)(C)OC(=O)N1CCCC2(CCC(=O)N(C(=O)c3ccoc3)C2)C1. The van der Waals surface area contributed by atoms with E-state index in [9.17, 15) is 14.4 Å². The van der Waals surface area contributed by atoms with E-state index in [4.69, 9.17) is 9.15 Å². The predicted molar refractivity (Wildman–Crippen MR) is 93.5 cm³/mol. The summed E-state index contributed by atoms with van der Waals surface area (Å²) in [5.41, 5.74) is -0.439. The fourth-order valence-electron chi connectivity index (χ4n) is 3.76. The Balaban J connectivity index is 1.73. The predicted octanol–water partition coefficient (Wildman–Crippen LogP) is 3.06. The highest BCUT2D eigenvalue weighted by Gasteiger charge is 2.45. The Labute approximate surface area is 153 Å². The number of imide groups is 1. The molecule has 26 heavy (non-hydrogen) atoms. The first-order chi connectivity index (χ1) is 12.2. The van der Waals surface area contributed by atoms with E-state index >= 15 is 0 Å². The number of piperidine rings is 2. The molecule has 1 spiro atoms. The lowest BCUT2D eigenvalue weighted by Gasteiger charge is -2.47. The van der Waals surface area contributed by atoms with Crippen LogP contribution in [0.2, 0.25) is 0 Å². The van der Waals surface area contributed by atoms with E-state index in [2.05, 4.69) is 0 Å². The second kappa shape index (κ2) is 6.78. The first-order valence-electron chi connectivity index (χ1n) is 9.04. The van der Waals surface area contributed by atoms with Crippen molar-refractivity contribution in [3.8, 4) is 0 Å². The Morgan fingerprint density at radius 1 is 1.23 bits per heavy atom. The summed E-state index contributed by atoms with van der Waals surface area (Å²) >= 11 is 0. The number of nitrogens with zero attached hydrogens (tertiary/aromatic N) is 2. The van der Waals surface area contributed by atoms with Crippen LogP contribution in [0.1, 0.15) is 56.8 Å². The average Bonchev–Trinajstić information content (AvgIpc) is 3.10. The lowest BCUT2D eigenvalue weighted by atomic mass is 9.73. The minimum atomic E-state index is -0.548. The topological polar surface area (TPSA) is 80.1 Å². The largest absolute Gasteiger partial charge is 0.472 e. The number of hydrogen-bond donors (Lipinski definition) is 0. The average molecular weight is 362 g/mol. The van der Waals surface area contributed by atoms with Crippen molar-refractivity contribution in [2.24, 2.45) is 5.41 Å². The van der Waals surface area contributed by atoms with E-state index in [1.54, 1.807) is 11.0 Å². The van der Waals surface area contributed by atoms with Crippen molar-refractivity contribution in [2.45, 2.75) is 52.1 Å². The summed E-state index contributed by atoms with van der Waals surface area (Å²) in [4.78, 5) is 40.4. The van der Waals surface area contributed by atoms with Crippen molar-refractivity contribution in [3.63, 3.8) is 0 Å². The lowest BCUT2D eigenvalue weighted by molar-refractivity contribution is -0.135. The zero-order valence-electron chi connectivity index (χ0n) is 15.6. The van der Waals surface area contributed by atoms with Gasteiger partial charge in [-0.1, -0.05) is 0 Å². The van der Waals surface area contributed by atoms with Gasteiger partial charge in [0.1, 0.15) is 11.9 Å². The minimum absolute atomic E-state index is 0.170. The molecule has 2 aliphatic rings. The molecule has 1 unspecified atom stereocenters. The van der Waals surface area contributed by atoms with Crippen molar-refractivity contribution in [3.05, 3.63) is 24.2 Å². The second-order valence-electron chi connectivity index (χ2n) is 8.30. The van der Waals surface area contributed by atoms with Crippen LogP contribution in [0.15, 0.2) is 23.0 Å². The number of likely N-dealkylation sites (tertiary alicyclic amines) is 2. The lowest BCUT2D eigenvalue weighted by Crippen LogP contribution is -2.56. The summed E-state index contributed by atoms with van der Waals surface area (Å²) in [7, 11) is 0. The third-order valence-electron chi connectivity index (χ3n) is 4.99. The van der Waals surface area contributed by atoms with Gasteiger partial charge >= 0.3 is 6.09 Å². The third-order valence-corrected chi connectivity index (χ3v) is 4.99. The van der Waals surface area contributed by atoms with Crippen LogP contribution in [0.25, 0.3) is 0 Å². The molecular formula is C19H26N2O5. The number of amides is 3. The molecule has 142 valence electrons. The van der Waals surface area contributed by atoms with Gasteiger partial charge in [0.2, 0.25) is 5.91 Å². The zero-order valence-corrected chi connectivity index (χ0v) is 15.6. The summed E-state index contributed by atoms with van der Waals surface area (Å²) < 4.78 is 10.5. The zero-order chi connectivity index (χ0) is 18.9. The highest BCUT2D eigenvalue weighted by Crippen LogP contribution is 2.39. The van der Waals surface area contributed by atoms with Crippen LogP contribution in [-0.4, -0.2) is 52.9 Å². The first-order valence-corrected chi connectivity index (χ1v) is 9.04. The molecule has 1 aromatic heterocycles. The summed E-state index contributed by atoms with van der Waals surface area (Å²) in [6.07, 6.45) is 5.15. The number of rotatable bonds is 1. The van der Waals surface area contributed by atoms with Crippen molar-refractivity contribution < 1.29 is 23.5 Å². The van der Waals surface area contributed by atoms with Crippen LogP contribution < -0.4 is 0 Å². The van der Waals surface area contributed by atoms with Gasteiger partial charge in [-0.15, -0.1) is 0 Å². The molecule has 2 fully saturated rings. The number of carbonyl (C=O) groups excluding carboxylic acids is 3. The first kappa shape index (κ1) is 18.5. The molecule has 1 aromatic rings. The van der Waals surface area contributed by atoms with Gasteiger partial charge < -0.3 is 14.1 Å². The molecule has 0 aliphatic carbocycles. The Morgan fingerprint density at radius 2 is 2.00 bits per heavy atom. The molecular weight excluding hydrogens is 336 g/mol. The van der Waals surface area contributed by atoms with E-state index < -0.39 is 5.60 Å². The maximum atomic E-state index is 12.6. The monoisotopic (exact) mass is 362 g/mol. The Hall–Kier alpha value is -2.31. The van der Waals surface area contributed by atoms with Crippen LogP contribution in [0.5, 0.6) is 0 Å². The van der Waals surface area contributed by atoms with Gasteiger partial charge in [0.15, 0.2) is 0 Å². The molecule has 2 saturated heterocycles. The van der Waals surface area contributed by atoms with Gasteiger partial charge in [-0.25, -0.2) is 4.79 Å². The fraction of sp³-hybridized carbons (Fsp3) is 0.632. The molecule has 1 atom stereocenters. The van der Waals surface area contributed by atoms with Gasteiger partial charge in [0.05, 0.1) is 11.8 Å². The summed E-state index contributed by atoms with van der Waals surface area (Å²) in [5, 5.41) is 0. The summed E-state index contributed by atoms with van der Waals surface area (Å²) in [6.45, 7) is 7.00. The van der Waals surface area contributed by atoms with Gasteiger partial charge in [0.25, 0.3) is 5.91 Å². The highest BCUT2D eigenvalue weighted by atomic mass is 16.6. The minimum Gasteiger partial charge on any atom is -0.472 e. The summed E-state index contributed by atoms with van der Waals surface area (Å²) in [6, 6.07) is 1.56. The maximum Gasteiger partial charge on any atom is 0.410 e. The Bertz CT molecular complexity index is 691. The molecule has 3 rings (SSSR count). The van der Waals surface area contributed by atoms with E-state index in [0.29, 0.717) is 38.0 Å². The normalized spacial score (nSPS) is 24.0. The molecule has 7 nitrogen and oxygen atoms in total. The number of carbonyl (C=O) groups is 3. The van der Waals surface area contributed by atoms with Crippen molar-refractivity contribution in [1.82, 2.24) is 9.80 Å². The maximum absolute atomic E-state index is 12.6. The van der Waals surface area contributed by atoms with E-state index in [1.807, 2.05) is 20.8 Å². The van der Waals surface area contributed by atoms with E-state index in [1.165, 1.54) is 17.4 Å². The van der Waals surface area contributed by atoms with Gasteiger partial charge in [-0.05, 0) is 46.1 Å². The van der Waals surface area contributed by atoms with Crippen molar-refractivity contribution in [2.75, 3.05) is 19.6 Å². The molecule has 0 bridgehead atoms. The van der Waals surface area contributed by atoms with Gasteiger partial charge in [-0.3, -0.25) is 14.5 Å². The molecule has 0 radical (unpaired) electrons. The van der Waals surface area contributed by atoms with E-state index in [-0.39, 0.29) is 23.3 Å². The highest BCUT2D eigenvalue weighted by molar-refractivity contribution is 6.04. The number of hydrogen-bond acceptors (Lipinski definition) is 5. The molecule has 3 amide bonds.